The Morgan fingerprint density at radius 3 is 2.48 bits per heavy atom. The highest BCUT2D eigenvalue weighted by Crippen LogP contribution is 2.39. The summed E-state index contributed by atoms with van der Waals surface area (Å²) < 4.78 is 0. The molecule has 2 N–H and O–H groups in total. The molecule has 2 rings (SSSR count). The standard InChI is InChI=1S/C16H22N2O3/c1-11-8-12(2)17-13(9-11)18-14(19)10-16(15(20)21)6-4-3-5-7-16/h8-9H,3-7,10H2,1-2H3,(H,20,21)(H,17,18,19). The van der Waals surface area contributed by atoms with E-state index in [9.17, 15) is 14.7 Å². The van der Waals surface area contributed by atoms with Gasteiger partial charge in [0.1, 0.15) is 5.82 Å². The van der Waals surface area contributed by atoms with E-state index in [2.05, 4.69) is 10.3 Å². The molecule has 5 heteroatoms. The van der Waals surface area contributed by atoms with Crippen molar-refractivity contribution in [3.63, 3.8) is 0 Å². The van der Waals surface area contributed by atoms with Gasteiger partial charge in [-0.3, -0.25) is 9.59 Å². The zero-order chi connectivity index (χ0) is 15.5. The molecule has 1 saturated carbocycles. The van der Waals surface area contributed by atoms with Crippen LogP contribution < -0.4 is 5.32 Å². The van der Waals surface area contributed by atoms with E-state index >= 15 is 0 Å². The highest BCUT2D eigenvalue weighted by molar-refractivity contribution is 5.93. The molecule has 21 heavy (non-hydrogen) atoms. The SMILES string of the molecule is Cc1cc(C)nc(NC(=O)CC2(C(=O)O)CCCCC2)c1. The minimum absolute atomic E-state index is 0.0248. The topological polar surface area (TPSA) is 79.3 Å². The number of anilines is 1. The van der Waals surface area contributed by atoms with Gasteiger partial charge in [0, 0.05) is 12.1 Å². The van der Waals surface area contributed by atoms with E-state index in [0.717, 1.165) is 30.5 Å². The summed E-state index contributed by atoms with van der Waals surface area (Å²) in [7, 11) is 0. The molecule has 1 aromatic heterocycles. The number of nitrogens with zero attached hydrogens (tertiary/aromatic N) is 1. The Bertz CT molecular complexity index is 528. The molecule has 0 aliphatic heterocycles. The van der Waals surface area contributed by atoms with Crippen molar-refractivity contribution >= 4 is 17.7 Å². The number of hydrogen-bond acceptors (Lipinski definition) is 3. The van der Waals surface area contributed by atoms with Gasteiger partial charge in [0.25, 0.3) is 0 Å². The van der Waals surface area contributed by atoms with E-state index in [4.69, 9.17) is 0 Å². The maximum absolute atomic E-state index is 12.2. The third kappa shape index (κ3) is 3.80. The molecule has 1 heterocycles. The molecule has 0 spiro atoms. The van der Waals surface area contributed by atoms with Gasteiger partial charge in [0.2, 0.25) is 5.91 Å². The summed E-state index contributed by atoms with van der Waals surface area (Å²) in [5, 5.41) is 12.2. The van der Waals surface area contributed by atoms with Gasteiger partial charge in [0.05, 0.1) is 5.41 Å². The quantitative estimate of drug-likeness (QED) is 0.893. The number of carbonyl (C=O) groups excluding carboxylic acids is 1. The average molecular weight is 290 g/mol. The summed E-state index contributed by atoms with van der Waals surface area (Å²) in [6.45, 7) is 3.80. The molecule has 1 aliphatic rings. The summed E-state index contributed by atoms with van der Waals surface area (Å²) in [5.41, 5.74) is 0.945. The van der Waals surface area contributed by atoms with Crippen LogP contribution in [0.1, 0.15) is 49.8 Å². The Morgan fingerprint density at radius 1 is 1.24 bits per heavy atom. The molecule has 0 unspecified atom stereocenters. The van der Waals surface area contributed by atoms with Gasteiger partial charge in [-0.05, 0) is 44.4 Å². The number of carbonyl (C=O) groups is 2. The van der Waals surface area contributed by atoms with E-state index in [1.54, 1.807) is 6.07 Å². The number of aliphatic carboxylic acids is 1. The third-order valence-corrected chi connectivity index (χ3v) is 4.13. The lowest BCUT2D eigenvalue weighted by atomic mass is 9.71. The number of aryl methyl sites for hydroxylation is 2. The summed E-state index contributed by atoms with van der Waals surface area (Å²) in [6.07, 6.45) is 3.99. The van der Waals surface area contributed by atoms with Crippen molar-refractivity contribution in [1.82, 2.24) is 4.98 Å². The normalized spacial score (nSPS) is 17.2. The van der Waals surface area contributed by atoms with Crippen LogP contribution in [-0.4, -0.2) is 22.0 Å². The smallest absolute Gasteiger partial charge is 0.310 e. The van der Waals surface area contributed by atoms with Crippen LogP contribution in [0.2, 0.25) is 0 Å². The first kappa shape index (κ1) is 15.5. The Hall–Kier alpha value is -1.91. The van der Waals surface area contributed by atoms with Gasteiger partial charge < -0.3 is 10.4 Å². The number of carboxylic acid groups (broad SMARTS) is 1. The van der Waals surface area contributed by atoms with E-state index in [1.165, 1.54) is 0 Å². The van der Waals surface area contributed by atoms with Gasteiger partial charge in [0.15, 0.2) is 0 Å². The fraction of sp³-hybridized carbons (Fsp3) is 0.562. The van der Waals surface area contributed by atoms with Crippen molar-refractivity contribution in [3.05, 3.63) is 23.4 Å². The number of rotatable bonds is 4. The number of nitrogens with one attached hydrogen (secondary N) is 1. The van der Waals surface area contributed by atoms with Crippen LogP contribution in [-0.2, 0) is 9.59 Å². The maximum Gasteiger partial charge on any atom is 0.310 e. The molecule has 0 aromatic carbocycles. The van der Waals surface area contributed by atoms with Crippen LogP contribution in [0.3, 0.4) is 0 Å². The van der Waals surface area contributed by atoms with Gasteiger partial charge in [-0.15, -0.1) is 0 Å². The molecule has 114 valence electrons. The van der Waals surface area contributed by atoms with Crippen molar-refractivity contribution in [2.45, 2.75) is 52.4 Å². The third-order valence-electron chi connectivity index (χ3n) is 4.13. The van der Waals surface area contributed by atoms with Crippen molar-refractivity contribution in [2.24, 2.45) is 5.41 Å². The Balaban J connectivity index is 2.07. The first-order chi connectivity index (χ1) is 9.91. The number of hydrogen-bond donors (Lipinski definition) is 2. The second kappa shape index (κ2) is 6.24. The van der Waals surface area contributed by atoms with E-state index in [1.807, 2.05) is 19.9 Å². The highest BCUT2D eigenvalue weighted by Gasteiger charge is 2.41. The van der Waals surface area contributed by atoms with E-state index in [-0.39, 0.29) is 12.3 Å². The van der Waals surface area contributed by atoms with E-state index < -0.39 is 11.4 Å². The highest BCUT2D eigenvalue weighted by atomic mass is 16.4. The molecule has 0 bridgehead atoms. The molecule has 0 radical (unpaired) electrons. The number of carboxylic acids is 1. The van der Waals surface area contributed by atoms with Gasteiger partial charge in [-0.1, -0.05) is 19.3 Å². The van der Waals surface area contributed by atoms with Crippen LogP contribution in [0.4, 0.5) is 5.82 Å². The lowest BCUT2D eigenvalue weighted by Gasteiger charge is -2.32. The van der Waals surface area contributed by atoms with E-state index in [0.29, 0.717) is 18.7 Å². The first-order valence-corrected chi connectivity index (χ1v) is 7.40. The monoisotopic (exact) mass is 290 g/mol. The number of aromatic nitrogens is 1. The molecular formula is C16H22N2O3. The minimum Gasteiger partial charge on any atom is -0.481 e. The summed E-state index contributed by atoms with van der Waals surface area (Å²) in [5.74, 6) is -0.628. The second-order valence-corrected chi connectivity index (χ2v) is 6.04. The largest absolute Gasteiger partial charge is 0.481 e. The Kier molecular flexibility index (Phi) is 4.60. The fourth-order valence-electron chi connectivity index (χ4n) is 3.09. The summed E-state index contributed by atoms with van der Waals surface area (Å²) in [6, 6.07) is 3.72. The molecule has 1 amide bonds. The van der Waals surface area contributed by atoms with Crippen molar-refractivity contribution in [2.75, 3.05) is 5.32 Å². The lowest BCUT2D eigenvalue weighted by Crippen LogP contribution is -2.37. The molecule has 1 aromatic rings. The van der Waals surface area contributed by atoms with Gasteiger partial charge in [-0.25, -0.2) is 4.98 Å². The minimum atomic E-state index is -0.902. The molecule has 0 atom stereocenters. The fourth-order valence-corrected chi connectivity index (χ4v) is 3.09. The molecule has 1 aliphatic carbocycles. The van der Waals surface area contributed by atoms with Gasteiger partial charge >= 0.3 is 5.97 Å². The van der Waals surface area contributed by atoms with Gasteiger partial charge in [-0.2, -0.15) is 0 Å². The van der Waals surface area contributed by atoms with Crippen LogP contribution in [0, 0.1) is 19.3 Å². The van der Waals surface area contributed by atoms with Crippen molar-refractivity contribution in [3.8, 4) is 0 Å². The Labute approximate surface area is 124 Å². The van der Waals surface area contributed by atoms with Crippen LogP contribution >= 0.6 is 0 Å². The van der Waals surface area contributed by atoms with Crippen molar-refractivity contribution in [1.29, 1.82) is 0 Å². The number of amides is 1. The van der Waals surface area contributed by atoms with Crippen LogP contribution in [0.15, 0.2) is 12.1 Å². The second-order valence-electron chi connectivity index (χ2n) is 6.04. The molecule has 5 nitrogen and oxygen atoms in total. The molecular weight excluding hydrogens is 268 g/mol. The van der Waals surface area contributed by atoms with Crippen molar-refractivity contribution < 1.29 is 14.7 Å². The predicted octanol–water partition coefficient (Wildman–Crippen LogP) is 3.06. The lowest BCUT2D eigenvalue weighted by molar-refractivity contribution is -0.153. The molecule has 0 saturated heterocycles. The van der Waals surface area contributed by atoms with Crippen LogP contribution in [0.25, 0.3) is 0 Å². The first-order valence-electron chi connectivity index (χ1n) is 7.40. The predicted molar refractivity (Wildman–Crippen MR) is 80.1 cm³/mol. The average Bonchev–Trinajstić information content (AvgIpc) is 2.37. The maximum atomic E-state index is 12.2. The summed E-state index contributed by atoms with van der Waals surface area (Å²) in [4.78, 5) is 28.0. The Morgan fingerprint density at radius 2 is 1.90 bits per heavy atom. The summed E-state index contributed by atoms with van der Waals surface area (Å²) >= 11 is 0. The zero-order valence-corrected chi connectivity index (χ0v) is 12.6. The molecule has 1 fully saturated rings. The van der Waals surface area contributed by atoms with Crippen LogP contribution in [0.5, 0.6) is 0 Å². The number of pyridine rings is 1. The zero-order valence-electron chi connectivity index (χ0n) is 12.6.